The van der Waals surface area contributed by atoms with E-state index in [1.54, 1.807) is 33.9 Å². The molecular formula is C26H24ClN3O4S. The molecule has 1 aromatic heterocycles. The molecule has 3 heterocycles. The van der Waals surface area contributed by atoms with E-state index in [1.807, 2.05) is 48.5 Å². The van der Waals surface area contributed by atoms with Crippen molar-refractivity contribution in [2.75, 3.05) is 36.6 Å². The first-order chi connectivity index (χ1) is 16.9. The summed E-state index contributed by atoms with van der Waals surface area (Å²) in [6.45, 7) is 1.42. The molecule has 2 aromatic carbocycles. The van der Waals surface area contributed by atoms with Gasteiger partial charge in [0, 0.05) is 37.9 Å². The molecule has 0 aliphatic carbocycles. The SMILES string of the molecule is CN(C(=O)[C@@H]1Cc2ccccc2CN1C(=O)c1ccc(Cl)s1)c1ccc(N2CCOCC2=O)cc1. The van der Waals surface area contributed by atoms with Crippen LogP contribution in [0.5, 0.6) is 0 Å². The standard InChI is InChI=1S/C26H24ClN3O4S/c1-28(19-6-8-20(9-7-19)29-12-13-34-16-24(29)31)25(32)21-14-17-4-2-3-5-18(17)15-30(21)26(33)22-10-11-23(27)35-22/h2-11,21H,12-16H2,1H3/t21-/m0/s1. The fourth-order valence-electron chi connectivity index (χ4n) is 4.53. The van der Waals surface area contributed by atoms with Crippen LogP contribution < -0.4 is 9.80 Å². The average Bonchev–Trinajstić information content (AvgIpc) is 3.33. The van der Waals surface area contributed by atoms with E-state index in [-0.39, 0.29) is 24.3 Å². The highest BCUT2D eigenvalue weighted by atomic mass is 35.5. The van der Waals surface area contributed by atoms with Gasteiger partial charge in [0.1, 0.15) is 12.6 Å². The Hall–Kier alpha value is -3.20. The minimum absolute atomic E-state index is 0.0720. The summed E-state index contributed by atoms with van der Waals surface area (Å²) in [5.74, 6) is -0.466. The number of fused-ring (bicyclic) bond motifs is 1. The number of hydrogen-bond donors (Lipinski definition) is 0. The van der Waals surface area contributed by atoms with Gasteiger partial charge in [-0.15, -0.1) is 11.3 Å². The minimum atomic E-state index is -0.649. The highest BCUT2D eigenvalue weighted by Gasteiger charge is 2.37. The summed E-state index contributed by atoms with van der Waals surface area (Å²) in [6, 6.07) is 17.9. The fraction of sp³-hybridized carbons (Fsp3) is 0.269. The summed E-state index contributed by atoms with van der Waals surface area (Å²) in [5.41, 5.74) is 3.55. The molecule has 2 aliphatic heterocycles. The Morgan fingerprint density at radius 3 is 2.49 bits per heavy atom. The summed E-state index contributed by atoms with van der Waals surface area (Å²) in [5, 5.41) is 0. The number of morpholine rings is 1. The molecule has 2 aliphatic rings. The second-order valence-corrected chi connectivity index (χ2v) is 10.3. The van der Waals surface area contributed by atoms with Gasteiger partial charge in [-0.2, -0.15) is 0 Å². The van der Waals surface area contributed by atoms with E-state index in [0.29, 0.717) is 41.0 Å². The van der Waals surface area contributed by atoms with Crippen molar-refractivity contribution in [2.24, 2.45) is 0 Å². The van der Waals surface area contributed by atoms with Gasteiger partial charge in [-0.3, -0.25) is 14.4 Å². The number of carbonyl (C=O) groups is 3. The zero-order valence-corrected chi connectivity index (χ0v) is 20.7. The molecule has 0 spiro atoms. The third-order valence-corrected chi connectivity index (χ3v) is 7.66. The predicted octanol–water partition coefficient (Wildman–Crippen LogP) is 3.99. The van der Waals surface area contributed by atoms with Crippen molar-refractivity contribution < 1.29 is 19.1 Å². The van der Waals surface area contributed by atoms with E-state index < -0.39 is 6.04 Å². The number of hydrogen-bond acceptors (Lipinski definition) is 5. The Morgan fingerprint density at radius 2 is 1.80 bits per heavy atom. The molecule has 0 bridgehead atoms. The molecule has 9 heteroatoms. The van der Waals surface area contributed by atoms with Gasteiger partial charge >= 0.3 is 0 Å². The molecule has 1 atom stereocenters. The maximum absolute atomic E-state index is 13.7. The first kappa shape index (κ1) is 23.5. The van der Waals surface area contributed by atoms with Gasteiger partial charge in [-0.25, -0.2) is 0 Å². The fourth-order valence-corrected chi connectivity index (χ4v) is 5.52. The summed E-state index contributed by atoms with van der Waals surface area (Å²) >= 11 is 7.29. The lowest BCUT2D eigenvalue weighted by Gasteiger charge is -2.37. The molecule has 5 rings (SSSR count). The number of benzene rings is 2. The Kier molecular flexibility index (Phi) is 6.60. The number of likely N-dealkylation sites (N-methyl/N-ethyl adjacent to an activating group) is 1. The maximum Gasteiger partial charge on any atom is 0.264 e. The molecule has 180 valence electrons. The van der Waals surface area contributed by atoms with Gasteiger partial charge in [-0.05, 0) is 47.5 Å². The molecule has 7 nitrogen and oxygen atoms in total. The molecular weight excluding hydrogens is 486 g/mol. The highest BCUT2D eigenvalue weighted by molar-refractivity contribution is 7.18. The van der Waals surface area contributed by atoms with Crippen LogP contribution in [-0.2, 0) is 27.3 Å². The molecule has 0 radical (unpaired) electrons. The van der Waals surface area contributed by atoms with Crippen LogP contribution in [0.25, 0.3) is 0 Å². The average molecular weight is 510 g/mol. The summed E-state index contributed by atoms with van der Waals surface area (Å²) in [7, 11) is 1.71. The molecule has 0 saturated carbocycles. The number of nitrogens with zero attached hydrogens (tertiary/aromatic N) is 3. The topological polar surface area (TPSA) is 70.2 Å². The van der Waals surface area contributed by atoms with E-state index in [2.05, 4.69) is 0 Å². The Balaban J connectivity index is 1.40. The minimum Gasteiger partial charge on any atom is -0.370 e. The summed E-state index contributed by atoms with van der Waals surface area (Å²) < 4.78 is 5.73. The Bertz CT molecular complexity index is 1280. The van der Waals surface area contributed by atoms with Crippen LogP contribution in [0.4, 0.5) is 11.4 Å². The van der Waals surface area contributed by atoms with E-state index in [1.165, 1.54) is 11.3 Å². The second-order valence-electron chi connectivity index (χ2n) is 8.54. The lowest BCUT2D eigenvalue weighted by Crippen LogP contribution is -2.53. The highest BCUT2D eigenvalue weighted by Crippen LogP contribution is 2.30. The molecule has 1 saturated heterocycles. The van der Waals surface area contributed by atoms with Crippen LogP contribution in [0.3, 0.4) is 0 Å². The Morgan fingerprint density at radius 1 is 1.06 bits per heavy atom. The number of halogens is 1. The molecule has 0 unspecified atom stereocenters. The van der Waals surface area contributed by atoms with Crippen LogP contribution >= 0.6 is 22.9 Å². The van der Waals surface area contributed by atoms with Crippen molar-refractivity contribution >= 4 is 52.0 Å². The summed E-state index contributed by atoms with van der Waals surface area (Å²) in [6.07, 6.45) is 0.435. The van der Waals surface area contributed by atoms with Crippen molar-refractivity contribution in [2.45, 2.75) is 19.0 Å². The number of anilines is 2. The first-order valence-electron chi connectivity index (χ1n) is 11.3. The van der Waals surface area contributed by atoms with Gasteiger partial charge in [0.2, 0.25) is 5.91 Å². The molecule has 3 amide bonds. The lowest BCUT2D eigenvalue weighted by molar-refractivity contribution is -0.125. The van der Waals surface area contributed by atoms with E-state index in [4.69, 9.17) is 16.3 Å². The number of carbonyl (C=O) groups excluding carboxylic acids is 3. The number of thiophene rings is 1. The van der Waals surface area contributed by atoms with E-state index >= 15 is 0 Å². The van der Waals surface area contributed by atoms with Crippen LogP contribution in [-0.4, -0.2) is 55.5 Å². The monoisotopic (exact) mass is 509 g/mol. The lowest BCUT2D eigenvalue weighted by atomic mass is 9.93. The van der Waals surface area contributed by atoms with Gasteiger partial charge in [0.15, 0.2) is 0 Å². The first-order valence-corrected chi connectivity index (χ1v) is 12.5. The largest absolute Gasteiger partial charge is 0.370 e. The van der Waals surface area contributed by atoms with Crippen LogP contribution in [0, 0.1) is 0 Å². The molecule has 0 N–H and O–H groups in total. The smallest absolute Gasteiger partial charge is 0.264 e. The zero-order valence-electron chi connectivity index (χ0n) is 19.1. The van der Waals surface area contributed by atoms with Crippen molar-refractivity contribution in [3.63, 3.8) is 0 Å². The van der Waals surface area contributed by atoms with Gasteiger partial charge in [0.25, 0.3) is 11.8 Å². The Labute approximate surface area is 212 Å². The number of amides is 3. The van der Waals surface area contributed by atoms with Crippen LogP contribution in [0.1, 0.15) is 20.8 Å². The van der Waals surface area contributed by atoms with Crippen molar-refractivity contribution in [3.8, 4) is 0 Å². The van der Waals surface area contributed by atoms with Crippen LogP contribution in [0.2, 0.25) is 4.34 Å². The second kappa shape index (κ2) is 9.81. The van der Waals surface area contributed by atoms with E-state index in [0.717, 1.165) is 16.8 Å². The van der Waals surface area contributed by atoms with Crippen molar-refractivity contribution in [1.82, 2.24) is 4.90 Å². The molecule has 35 heavy (non-hydrogen) atoms. The van der Waals surface area contributed by atoms with Crippen molar-refractivity contribution in [1.29, 1.82) is 0 Å². The van der Waals surface area contributed by atoms with Crippen LogP contribution in [0.15, 0.2) is 60.7 Å². The zero-order chi connectivity index (χ0) is 24.5. The van der Waals surface area contributed by atoms with Crippen molar-refractivity contribution in [3.05, 3.63) is 81.0 Å². The van der Waals surface area contributed by atoms with Gasteiger partial charge in [0.05, 0.1) is 15.8 Å². The number of rotatable bonds is 4. The third kappa shape index (κ3) is 4.69. The third-order valence-electron chi connectivity index (χ3n) is 6.44. The van der Waals surface area contributed by atoms with Gasteiger partial charge in [-0.1, -0.05) is 35.9 Å². The van der Waals surface area contributed by atoms with E-state index in [9.17, 15) is 14.4 Å². The maximum atomic E-state index is 13.7. The van der Waals surface area contributed by atoms with Gasteiger partial charge < -0.3 is 19.4 Å². The summed E-state index contributed by atoms with van der Waals surface area (Å²) in [4.78, 5) is 44.7. The quantitative estimate of drug-likeness (QED) is 0.533. The predicted molar refractivity (Wildman–Crippen MR) is 136 cm³/mol. The number of ether oxygens (including phenoxy) is 1. The normalized spacial score (nSPS) is 17.8. The molecule has 3 aromatic rings. The molecule has 1 fully saturated rings.